The van der Waals surface area contributed by atoms with Gasteiger partial charge in [-0.3, -0.25) is 4.79 Å². The molecule has 1 aliphatic heterocycles. The van der Waals surface area contributed by atoms with Crippen molar-refractivity contribution in [2.45, 2.75) is 25.9 Å². The van der Waals surface area contributed by atoms with Crippen LogP contribution in [0.15, 0.2) is 0 Å². The van der Waals surface area contributed by atoms with E-state index in [1.165, 1.54) is 16.9 Å². The van der Waals surface area contributed by atoms with E-state index in [0.29, 0.717) is 0 Å². The molecule has 8 heteroatoms. The van der Waals surface area contributed by atoms with E-state index in [1.54, 1.807) is 13.8 Å². The van der Waals surface area contributed by atoms with Gasteiger partial charge in [-0.05, 0) is 13.8 Å². The van der Waals surface area contributed by atoms with Crippen molar-refractivity contribution in [3.63, 3.8) is 0 Å². The van der Waals surface area contributed by atoms with Gasteiger partial charge in [0.15, 0.2) is 6.04 Å². The van der Waals surface area contributed by atoms with Crippen molar-refractivity contribution < 1.29 is 29.0 Å². The molecule has 1 unspecified atom stereocenters. The van der Waals surface area contributed by atoms with Gasteiger partial charge in [-0.15, -0.1) is 0 Å². The molecule has 0 aromatic rings. The Bertz CT molecular complexity index is 384. The fraction of sp³-hybridized carbons (Fsp3) is 0.750. The Morgan fingerprint density at radius 1 is 1.45 bits per heavy atom. The van der Waals surface area contributed by atoms with E-state index in [9.17, 15) is 14.4 Å². The highest BCUT2D eigenvalue weighted by atomic mass is 16.5. The molecule has 1 aliphatic rings. The lowest BCUT2D eigenvalue weighted by atomic mass is 10.2. The Morgan fingerprint density at radius 3 is 2.60 bits per heavy atom. The van der Waals surface area contributed by atoms with Crippen molar-refractivity contribution in [3.05, 3.63) is 0 Å². The largest absolute Gasteiger partial charge is 0.480 e. The Morgan fingerprint density at radius 2 is 2.10 bits per heavy atom. The minimum absolute atomic E-state index is 0.0504. The summed E-state index contributed by atoms with van der Waals surface area (Å²) in [6.07, 6.45) is 0. The highest BCUT2D eigenvalue weighted by molar-refractivity contribution is 5.85. The molecule has 0 bridgehead atoms. The van der Waals surface area contributed by atoms with Crippen molar-refractivity contribution in [1.82, 2.24) is 9.80 Å². The molecule has 114 valence electrons. The molecular formula is C12H20N2O6. The third-order valence-corrected chi connectivity index (χ3v) is 3.06. The summed E-state index contributed by atoms with van der Waals surface area (Å²) in [5.74, 6) is -1.67. The summed E-state index contributed by atoms with van der Waals surface area (Å²) < 4.78 is 9.63. The second-order valence-electron chi connectivity index (χ2n) is 4.70. The first-order valence-electron chi connectivity index (χ1n) is 6.33. The maximum absolute atomic E-state index is 12.4. The zero-order chi connectivity index (χ0) is 15.3. The van der Waals surface area contributed by atoms with Crippen LogP contribution in [0.4, 0.5) is 4.79 Å². The van der Waals surface area contributed by atoms with Gasteiger partial charge < -0.3 is 24.4 Å². The summed E-state index contributed by atoms with van der Waals surface area (Å²) in [7, 11) is 1.24. The number of morpholine rings is 1. The van der Waals surface area contributed by atoms with Crippen molar-refractivity contribution in [3.8, 4) is 0 Å². The zero-order valence-electron chi connectivity index (χ0n) is 11.9. The lowest BCUT2D eigenvalue weighted by Gasteiger charge is -2.37. The number of carboxylic acids is 1. The van der Waals surface area contributed by atoms with Gasteiger partial charge in [-0.25, -0.2) is 9.59 Å². The van der Waals surface area contributed by atoms with Crippen LogP contribution in [0.1, 0.15) is 13.8 Å². The molecule has 0 aromatic heterocycles. The molecule has 1 N–H and O–H groups in total. The van der Waals surface area contributed by atoms with Crippen LogP contribution in [-0.4, -0.2) is 78.4 Å². The van der Waals surface area contributed by atoms with E-state index in [0.717, 1.165) is 0 Å². The number of esters is 1. The number of hydrogen-bond acceptors (Lipinski definition) is 5. The van der Waals surface area contributed by atoms with Gasteiger partial charge in [0.1, 0.15) is 6.54 Å². The summed E-state index contributed by atoms with van der Waals surface area (Å²) in [6.45, 7) is 3.69. The smallest absolute Gasteiger partial charge is 0.328 e. The molecule has 1 atom stereocenters. The van der Waals surface area contributed by atoms with E-state index in [4.69, 9.17) is 9.84 Å². The number of aliphatic carboxylic acids is 1. The molecule has 2 amide bonds. The number of carbonyl (C=O) groups is 3. The molecule has 1 heterocycles. The third-order valence-electron chi connectivity index (χ3n) is 3.06. The second kappa shape index (κ2) is 7.09. The predicted octanol–water partition coefficient (Wildman–Crippen LogP) is -0.225. The average molecular weight is 288 g/mol. The summed E-state index contributed by atoms with van der Waals surface area (Å²) in [6, 6.07) is -1.78. The Labute approximate surface area is 117 Å². The first-order valence-corrected chi connectivity index (χ1v) is 6.33. The van der Waals surface area contributed by atoms with Crippen LogP contribution in [0.3, 0.4) is 0 Å². The number of carbonyl (C=O) groups excluding carboxylic acids is 2. The van der Waals surface area contributed by atoms with Crippen LogP contribution in [-0.2, 0) is 19.1 Å². The molecule has 0 radical (unpaired) electrons. The quantitative estimate of drug-likeness (QED) is 0.718. The van der Waals surface area contributed by atoms with Crippen LogP contribution < -0.4 is 0 Å². The number of rotatable bonds is 4. The first kappa shape index (κ1) is 16.2. The Balaban J connectivity index is 2.86. The van der Waals surface area contributed by atoms with E-state index in [2.05, 4.69) is 4.74 Å². The van der Waals surface area contributed by atoms with Gasteiger partial charge in [0, 0.05) is 12.6 Å². The monoisotopic (exact) mass is 288 g/mol. The fourth-order valence-corrected chi connectivity index (χ4v) is 1.88. The van der Waals surface area contributed by atoms with Crippen LogP contribution >= 0.6 is 0 Å². The standard InChI is InChI=1S/C12H20N2O6/c1-8(2)14(6-10(15)19-3)12(18)13-4-5-20-7-9(13)11(16)17/h8-9H,4-7H2,1-3H3,(H,16,17). The number of nitrogens with zero attached hydrogens (tertiary/aromatic N) is 2. The van der Waals surface area contributed by atoms with Crippen LogP contribution in [0.25, 0.3) is 0 Å². The maximum Gasteiger partial charge on any atom is 0.328 e. The number of amides is 2. The number of carboxylic acid groups (broad SMARTS) is 1. The van der Waals surface area contributed by atoms with Crippen molar-refractivity contribution in [2.75, 3.05) is 33.4 Å². The average Bonchev–Trinajstić information content (AvgIpc) is 2.43. The Kier molecular flexibility index (Phi) is 5.75. The molecule has 0 aliphatic carbocycles. The number of hydrogen-bond donors (Lipinski definition) is 1. The molecule has 0 aromatic carbocycles. The minimum Gasteiger partial charge on any atom is -0.480 e. The number of urea groups is 1. The second-order valence-corrected chi connectivity index (χ2v) is 4.70. The summed E-state index contributed by atoms with van der Waals surface area (Å²) in [4.78, 5) is 37.4. The van der Waals surface area contributed by atoms with Crippen molar-refractivity contribution >= 4 is 18.0 Å². The van der Waals surface area contributed by atoms with Crippen molar-refractivity contribution in [1.29, 1.82) is 0 Å². The molecule has 0 spiro atoms. The normalized spacial score (nSPS) is 18.8. The molecule has 8 nitrogen and oxygen atoms in total. The summed E-state index contributed by atoms with van der Waals surface area (Å²) in [5.41, 5.74) is 0. The number of ether oxygens (including phenoxy) is 2. The van der Waals surface area contributed by atoms with Gasteiger partial charge >= 0.3 is 18.0 Å². The highest BCUT2D eigenvalue weighted by Crippen LogP contribution is 2.13. The van der Waals surface area contributed by atoms with Gasteiger partial charge in [0.25, 0.3) is 0 Å². The van der Waals surface area contributed by atoms with Gasteiger partial charge in [0.05, 0.1) is 20.3 Å². The van der Waals surface area contributed by atoms with Gasteiger partial charge in [-0.1, -0.05) is 0 Å². The highest BCUT2D eigenvalue weighted by Gasteiger charge is 2.36. The Hall–Kier alpha value is -1.83. The lowest BCUT2D eigenvalue weighted by Crippen LogP contribution is -2.58. The molecule has 20 heavy (non-hydrogen) atoms. The van der Waals surface area contributed by atoms with E-state index < -0.39 is 24.0 Å². The first-order chi connectivity index (χ1) is 9.38. The molecule has 1 rings (SSSR count). The lowest BCUT2D eigenvalue weighted by molar-refractivity contribution is -0.148. The van der Waals surface area contributed by atoms with Gasteiger partial charge in [0.2, 0.25) is 0 Å². The molecule has 0 saturated carbocycles. The predicted molar refractivity (Wildman–Crippen MR) is 68.2 cm³/mol. The van der Waals surface area contributed by atoms with Crippen LogP contribution in [0.2, 0.25) is 0 Å². The topological polar surface area (TPSA) is 96.4 Å². The maximum atomic E-state index is 12.4. The summed E-state index contributed by atoms with van der Waals surface area (Å²) >= 11 is 0. The fourth-order valence-electron chi connectivity index (χ4n) is 1.88. The van der Waals surface area contributed by atoms with E-state index in [1.807, 2.05) is 0 Å². The van der Waals surface area contributed by atoms with E-state index >= 15 is 0 Å². The van der Waals surface area contributed by atoms with Crippen LogP contribution in [0, 0.1) is 0 Å². The number of methoxy groups -OCH3 is 1. The van der Waals surface area contributed by atoms with Crippen LogP contribution in [0.5, 0.6) is 0 Å². The summed E-state index contributed by atoms with van der Waals surface area (Å²) in [5, 5.41) is 9.12. The minimum atomic E-state index is -1.13. The van der Waals surface area contributed by atoms with Crippen molar-refractivity contribution in [2.24, 2.45) is 0 Å². The zero-order valence-corrected chi connectivity index (χ0v) is 11.9. The molecular weight excluding hydrogens is 268 g/mol. The molecule has 1 fully saturated rings. The third kappa shape index (κ3) is 3.83. The SMILES string of the molecule is COC(=O)CN(C(=O)N1CCOCC1C(=O)O)C(C)C. The van der Waals surface area contributed by atoms with Gasteiger partial charge in [-0.2, -0.15) is 0 Å². The van der Waals surface area contributed by atoms with E-state index in [-0.39, 0.29) is 32.3 Å². The molecule has 1 saturated heterocycles.